The Kier molecular flexibility index (Phi) is 5.70. The minimum atomic E-state index is 0.122. The highest BCUT2D eigenvalue weighted by Crippen LogP contribution is 2.33. The van der Waals surface area contributed by atoms with Gasteiger partial charge >= 0.3 is 0 Å². The predicted molar refractivity (Wildman–Crippen MR) is 121 cm³/mol. The van der Waals surface area contributed by atoms with Crippen molar-refractivity contribution in [2.45, 2.75) is 31.6 Å². The van der Waals surface area contributed by atoms with Crippen molar-refractivity contribution in [3.63, 3.8) is 0 Å². The van der Waals surface area contributed by atoms with Crippen LogP contribution in [-0.4, -0.2) is 39.0 Å². The van der Waals surface area contributed by atoms with E-state index in [-0.39, 0.29) is 5.91 Å². The van der Waals surface area contributed by atoms with Gasteiger partial charge in [0.05, 0.1) is 15.2 Å². The largest absolute Gasteiger partial charge is 0.342 e. The summed E-state index contributed by atoms with van der Waals surface area (Å²) in [4.78, 5) is 24.0. The number of aromatic nitrogens is 3. The van der Waals surface area contributed by atoms with Gasteiger partial charge in [-0.2, -0.15) is 4.98 Å². The van der Waals surface area contributed by atoms with Gasteiger partial charge in [0.2, 0.25) is 17.6 Å². The molecule has 0 bridgehead atoms. The van der Waals surface area contributed by atoms with Crippen LogP contribution in [0.3, 0.4) is 0 Å². The van der Waals surface area contributed by atoms with Gasteiger partial charge in [0, 0.05) is 42.4 Å². The number of hydrogen-bond donors (Lipinski definition) is 0. The first-order chi connectivity index (χ1) is 15.2. The molecule has 0 radical (unpaired) electrons. The molecule has 158 valence electrons. The molecule has 0 unspecified atom stereocenters. The number of piperidine rings is 1. The molecule has 2 aromatic heterocycles. The van der Waals surface area contributed by atoms with E-state index < -0.39 is 0 Å². The first-order valence-corrected chi connectivity index (χ1v) is 11.6. The van der Waals surface area contributed by atoms with Gasteiger partial charge in [0.15, 0.2) is 0 Å². The van der Waals surface area contributed by atoms with E-state index in [1.807, 2.05) is 35.2 Å². The van der Waals surface area contributed by atoms with E-state index in [9.17, 15) is 4.79 Å². The van der Waals surface area contributed by atoms with E-state index >= 15 is 0 Å². The molecule has 0 aliphatic carbocycles. The molecule has 3 heterocycles. The highest BCUT2D eigenvalue weighted by molar-refractivity contribution is 7.18. The summed E-state index contributed by atoms with van der Waals surface area (Å²) in [6.07, 6.45) is 2.85. The van der Waals surface area contributed by atoms with Crippen LogP contribution in [0.15, 0.2) is 53.1 Å². The van der Waals surface area contributed by atoms with Crippen molar-refractivity contribution in [3.8, 4) is 11.4 Å². The van der Waals surface area contributed by atoms with E-state index in [1.54, 1.807) is 23.5 Å². The average molecular weight is 453 g/mol. The SMILES string of the molecule is O=C(CCc1nc(-c2ccc(Cl)cc2)no1)N1CCC[C@@H](c2nc3ccccc3s2)C1. The van der Waals surface area contributed by atoms with Gasteiger partial charge in [0.1, 0.15) is 0 Å². The summed E-state index contributed by atoms with van der Waals surface area (Å²) >= 11 is 7.66. The number of benzene rings is 2. The fraction of sp³-hybridized carbons (Fsp3) is 0.304. The number of amides is 1. The van der Waals surface area contributed by atoms with Crippen molar-refractivity contribution in [3.05, 3.63) is 64.5 Å². The molecule has 2 aromatic carbocycles. The number of nitrogens with zero attached hydrogens (tertiary/aromatic N) is 4. The molecule has 1 fully saturated rings. The standard InChI is InChI=1S/C23H21ClN4O2S/c24-17-9-7-15(8-10-17)22-26-20(30-27-22)11-12-21(29)28-13-3-4-16(14-28)23-25-18-5-1-2-6-19(18)31-23/h1-2,5-10,16H,3-4,11-14H2/t16-/m1/s1. The molecule has 5 rings (SSSR count). The molecule has 4 aromatic rings. The third kappa shape index (κ3) is 4.48. The van der Waals surface area contributed by atoms with Gasteiger partial charge in [-0.25, -0.2) is 4.98 Å². The lowest BCUT2D eigenvalue weighted by Crippen LogP contribution is -2.39. The van der Waals surface area contributed by atoms with Gasteiger partial charge in [-0.15, -0.1) is 11.3 Å². The molecule has 31 heavy (non-hydrogen) atoms. The highest BCUT2D eigenvalue weighted by atomic mass is 35.5. The summed E-state index contributed by atoms with van der Waals surface area (Å²) in [5.74, 6) is 1.40. The molecule has 1 aliphatic rings. The van der Waals surface area contributed by atoms with Crippen LogP contribution in [0.1, 0.15) is 36.1 Å². The lowest BCUT2D eigenvalue weighted by atomic mass is 9.98. The lowest BCUT2D eigenvalue weighted by molar-refractivity contribution is -0.132. The Morgan fingerprint density at radius 2 is 2.00 bits per heavy atom. The summed E-state index contributed by atoms with van der Waals surface area (Å²) < 4.78 is 6.54. The maximum absolute atomic E-state index is 12.8. The second kappa shape index (κ2) is 8.77. The Morgan fingerprint density at radius 1 is 1.16 bits per heavy atom. The van der Waals surface area contributed by atoms with E-state index in [0.717, 1.165) is 42.0 Å². The van der Waals surface area contributed by atoms with Crippen LogP contribution in [0.4, 0.5) is 0 Å². The van der Waals surface area contributed by atoms with Crippen LogP contribution in [0.2, 0.25) is 5.02 Å². The van der Waals surface area contributed by atoms with Gasteiger partial charge in [-0.1, -0.05) is 28.9 Å². The van der Waals surface area contributed by atoms with Crippen molar-refractivity contribution < 1.29 is 9.32 Å². The quantitative estimate of drug-likeness (QED) is 0.408. The van der Waals surface area contributed by atoms with Crippen molar-refractivity contribution in [2.75, 3.05) is 13.1 Å². The number of aryl methyl sites for hydroxylation is 1. The summed E-state index contributed by atoms with van der Waals surface area (Å²) in [6.45, 7) is 1.51. The number of rotatable bonds is 5. The molecule has 1 atom stereocenters. The fourth-order valence-corrected chi connectivity index (χ4v) is 5.13. The van der Waals surface area contributed by atoms with Gasteiger partial charge in [0.25, 0.3) is 0 Å². The monoisotopic (exact) mass is 452 g/mol. The minimum Gasteiger partial charge on any atom is -0.342 e. The molecule has 6 nitrogen and oxygen atoms in total. The lowest BCUT2D eigenvalue weighted by Gasteiger charge is -2.31. The molecule has 0 N–H and O–H groups in total. The smallest absolute Gasteiger partial charge is 0.227 e. The van der Waals surface area contributed by atoms with Crippen LogP contribution in [0, 0.1) is 0 Å². The number of carbonyl (C=O) groups excluding carboxylic acids is 1. The highest BCUT2D eigenvalue weighted by Gasteiger charge is 2.27. The second-order valence-electron chi connectivity index (χ2n) is 7.72. The second-order valence-corrected chi connectivity index (χ2v) is 9.22. The third-order valence-corrected chi connectivity index (χ3v) is 7.01. The van der Waals surface area contributed by atoms with Crippen molar-refractivity contribution in [2.24, 2.45) is 0 Å². The van der Waals surface area contributed by atoms with E-state index in [0.29, 0.717) is 35.5 Å². The number of likely N-dealkylation sites (tertiary alicyclic amines) is 1. The minimum absolute atomic E-state index is 0.122. The summed E-state index contributed by atoms with van der Waals surface area (Å²) in [6, 6.07) is 15.5. The van der Waals surface area contributed by atoms with E-state index in [1.165, 1.54) is 4.70 Å². The Morgan fingerprint density at radius 3 is 2.84 bits per heavy atom. The Labute approximate surface area is 188 Å². The molecule has 1 amide bonds. The fourth-order valence-electron chi connectivity index (χ4n) is 3.91. The van der Waals surface area contributed by atoms with Gasteiger partial charge in [-0.05, 0) is 49.2 Å². The van der Waals surface area contributed by atoms with Crippen molar-refractivity contribution in [1.82, 2.24) is 20.0 Å². The Bertz CT molecular complexity index is 1170. The average Bonchev–Trinajstić information content (AvgIpc) is 3.45. The van der Waals surface area contributed by atoms with Crippen LogP contribution in [0.5, 0.6) is 0 Å². The number of thiazole rings is 1. The molecule has 1 aliphatic heterocycles. The molecular weight excluding hydrogens is 432 g/mol. The summed E-state index contributed by atoms with van der Waals surface area (Å²) in [5, 5.41) is 5.80. The zero-order chi connectivity index (χ0) is 21.2. The zero-order valence-electron chi connectivity index (χ0n) is 16.8. The van der Waals surface area contributed by atoms with Gasteiger partial charge in [-0.3, -0.25) is 4.79 Å². The number of carbonyl (C=O) groups is 1. The molecule has 0 saturated carbocycles. The predicted octanol–water partition coefficient (Wildman–Crippen LogP) is 5.34. The van der Waals surface area contributed by atoms with E-state index in [2.05, 4.69) is 16.2 Å². The first-order valence-electron chi connectivity index (χ1n) is 10.4. The van der Waals surface area contributed by atoms with E-state index in [4.69, 9.17) is 21.1 Å². The molecule has 8 heteroatoms. The third-order valence-electron chi connectivity index (χ3n) is 5.56. The zero-order valence-corrected chi connectivity index (χ0v) is 18.4. The topological polar surface area (TPSA) is 72.1 Å². The van der Waals surface area contributed by atoms with Crippen LogP contribution in [-0.2, 0) is 11.2 Å². The summed E-state index contributed by atoms with van der Waals surface area (Å²) in [5.41, 5.74) is 1.87. The van der Waals surface area contributed by atoms with Crippen LogP contribution in [0.25, 0.3) is 21.6 Å². The van der Waals surface area contributed by atoms with Crippen molar-refractivity contribution >= 4 is 39.1 Å². The number of hydrogen-bond acceptors (Lipinski definition) is 6. The van der Waals surface area contributed by atoms with Crippen molar-refractivity contribution in [1.29, 1.82) is 0 Å². The maximum Gasteiger partial charge on any atom is 0.227 e. The molecular formula is C23H21ClN4O2S. The van der Waals surface area contributed by atoms with Gasteiger partial charge < -0.3 is 9.42 Å². The first kappa shape index (κ1) is 20.2. The summed E-state index contributed by atoms with van der Waals surface area (Å²) in [7, 11) is 0. The Balaban J connectivity index is 1.20. The number of para-hydroxylation sites is 1. The maximum atomic E-state index is 12.8. The number of fused-ring (bicyclic) bond motifs is 1. The Hall–Kier alpha value is -2.77. The normalized spacial score (nSPS) is 16.7. The van der Waals surface area contributed by atoms with Crippen LogP contribution >= 0.6 is 22.9 Å². The number of halogens is 1. The molecule has 0 spiro atoms. The van der Waals surface area contributed by atoms with Crippen LogP contribution < -0.4 is 0 Å². The molecule has 1 saturated heterocycles.